The van der Waals surface area contributed by atoms with Crippen LogP contribution in [0.4, 0.5) is 0 Å². The highest BCUT2D eigenvalue weighted by atomic mass is 28.4. The molecule has 0 heterocycles. The Labute approximate surface area is 85.0 Å². The topological polar surface area (TPSA) is 9.23 Å². The van der Waals surface area contributed by atoms with E-state index in [0.29, 0.717) is 0 Å². The van der Waals surface area contributed by atoms with E-state index in [1.165, 1.54) is 43.8 Å². The first-order valence-electron chi connectivity index (χ1n) is 5.79. The molecule has 0 spiro atoms. The van der Waals surface area contributed by atoms with Crippen LogP contribution in [0.25, 0.3) is 0 Å². The molecule has 0 aliphatic heterocycles. The summed E-state index contributed by atoms with van der Waals surface area (Å²) in [5.74, 6) is 0. The molecule has 0 atom stereocenters. The lowest BCUT2D eigenvalue weighted by Gasteiger charge is -2.28. The Morgan fingerprint density at radius 3 is 1.62 bits per heavy atom. The number of hydrogen-bond donors (Lipinski definition) is 0. The van der Waals surface area contributed by atoms with E-state index in [0.717, 1.165) is 0 Å². The molecule has 13 heavy (non-hydrogen) atoms. The van der Waals surface area contributed by atoms with Crippen LogP contribution in [-0.2, 0) is 4.43 Å². The van der Waals surface area contributed by atoms with Gasteiger partial charge in [0.1, 0.15) is 0 Å². The Morgan fingerprint density at radius 2 is 1.38 bits per heavy atom. The smallest absolute Gasteiger partial charge is 0.192 e. The Hall–Kier alpha value is 0.177. The largest absolute Gasteiger partial charge is 0.420 e. The first kappa shape index (κ1) is 13.2. The molecule has 0 N–H and O–H groups in total. The van der Waals surface area contributed by atoms with Crippen LogP contribution in [0, 0.1) is 0 Å². The fourth-order valence-electron chi connectivity index (χ4n) is 1.82. The monoisotopic (exact) mass is 202 g/mol. The number of rotatable bonds is 8. The van der Waals surface area contributed by atoms with Gasteiger partial charge in [-0.2, -0.15) is 0 Å². The lowest BCUT2D eigenvalue weighted by atomic mass is 10.4. The molecule has 0 rings (SSSR count). The normalized spacial score (nSPS) is 12.0. The van der Waals surface area contributed by atoms with Crippen molar-refractivity contribution in [1.82, 2.24) is 0 Å². The van der Waals surface area contributed by atoms with Crippen LogP contribution in [0.5, 0.6) is 0 Å². The van der Waals surface area contributed by atoms with Crippen LogP contribution in [-0.4, -0.2) is 15.4 Å². The van der Waals surface area contributed by atoms with Crippen molar-refractivity contribution in [3.05, 3.63) is 0 Å². The summed E-state index contributed by atoms with van der Waals surface area (Å²) in [6.07, 6.45) is 5.34. The molecule has 0 saturated carbocycles. The van der Waals surface area contributed by atoms with Crippen molar-refractivity contribution in [2.75, 3.05) is 7.11 Å². The number of hydrogen-bond acceptors (Lipinski definition) is 1. The molecule has 0 fully saturated rings. The average Bonchev–Trinajstić information content (AvgIpc) is 2.20. The Kier molecular flexibility index (Phi) is 7.67. The van der Waals surface area contributed by atoms with E-state index in [2.05, 4.69) is 20.8 Å². The zero-order chi connectivity index (χ0) is 10.2. The maximum Gasteiger partial charge on any atom is 0.192 e. The third-order valence-electron chi connectivity index (χ3n) is 3.05. The minimum absolute atomic E-state index is 1.29. The van der Waals surface area contributed by atoms with E-state index >= 15 is 0 Å². The summed E-state index contributed by atoms with van der Waals surface area (Å²) in [5, 5.41) is 0. The summed E-state index contributed by atoms with van der Waals surface area (Å²) in [5.41, 5.74) is 0. The minimum atomic E-state index is -1.29. The summed E-state index contributed by atoms with van der Waals surface area (Å²) < 4.78 is 5.83. The molecule has 1 nitrogen and oxygen atoms in total. The Balaban J connectivity index is 3.97. The van der Waals surface area contributed by atoms with Crippen LogP contribution in [0.1, 0.15) is 46.5 Å². The van der Waals surface area contributed by atoms with E-state index in [4.69, 9.17) is 4.43 Å². The fourth-order valence-corrected chi connectivity index (χ4v) is 5.47. The fraction of sp³-hybridized carbons (Fsp3) is 1.00. The maximum atomic E-state index is 5.83. The summed E-state index contributed by atoms with van der Waals surface area (Å²) in [4.78, 5) is 0. The number of unbranched alkanes of at least 4 members (excludes halogenated alkanes) is 2. The molecule has 0 bridgehead atoms. The molecular weight excluding hydrogens is 176 g/mol. The zero-order valence-electron chi connectivity index (χ0n) is 9.86. The molecular formula is C11H26OSi. The van der Waals surface area contributed by atoms with Crippen molar-refractivity contribution in [1.29, 1.82) is 0 Å². The second-order valence-corrected chi connectivity index (χ2v) is 8.43. The van der Waals surface area contributed by atoms with E-state index in [1.807, 2.05) is 7.11 Å². The first-order valence-corrected chi connectivity index (χ1v) is 8.32. The van der Waals surface area contributed by atoms with Gasteiger partial charge < -0.3 is 4.43 Å². The van der Waals surface area contributed by atoms with Gasteiger partial charge in [0.05, 0.1) is 0 Å². The predicted octanol–water partition coefficient (Wildman–Crippen LogP) is 4.20. The SMILES string of the molecule is CCCC[Si](CC)(CCCC)OC. The average molecular weight is 202 g/mol. The highest BCUT2D eigenvalue weighted by Crippen LogP contribution is 2.26. The quantitative estimate of drug-likeness (QED) is 0.536. The molecule has 0 radical (unpaired) electrons. The van der Waals surface area contributed by atoms with Gasteiger partial charge in [0.25, 0.3) is 0 Å². The van der Waals surface area contributed by atoms with Crippen molar-refractivity contribution in [3.8, 4) is 0 Å². The minimum Gasteiger partial charge on any atom is -0.420 e. The second kappa shape index (κ2) is 7.57. The van der Waals surface area contributed by atoms with Gasteiger partial charge >= 0.3 is 0 Å². The molecule has 0 saturated heterocycles. The molecule has 2 heteroatoms. The van der Waals surface area contributed by atoms with Crippen LogP contribution in [0.3, 0.4) is 0 Å². The van der Waals surface area contributed by atoms with Crippen LogP contribution in [0.15, 0.2) is 0 Å². The van der Waals surface area contributed by atoms with Gasteiger partial charge in [0.2, 0.25) is 0 Å². The highest BCUT2D eigenvalue weighted by Gasteiger charge is 2.29. The van der Waals surface area contributed by atoms with Crippen LogP contribution >= 0.6 is 0 Å². The van der Waals surface area contributed by atoms with E-state index in [9.17, 15) is 0 Å². The lowest BCUT2D eigenvalue weighted by Crippen LogP contribution is -2.35. The molecule has 0 amide bonds. The van der Waals surface area contributed by atoms with Crippen LogP contribution in [0.2, 0.25) is 18.1 Å². The third kappa shape index (κ3) is 4.82. The summed E-state index contributed by atoms with van der Waals surface area (Å²) >= 11 is 0. The molecule has 0 aliphatic rings. The van der Waals surface area contributed by atoms with E-state index in [-0.39, 0.29) is 0 Å². The molecule has 0 aromatic heterocycles. The van der Waals surface area contributed by atoms with Gasteiger partial charge in [-0.15, -0.1) is 0 Å². The molecule has 0 aromatic carbocycles. The van der Waals surface area contributed by atoms with Gasteiger partial charge in [-0.1, -0.05) is 46.5 Å². The summed E-state index contributed by atoms with van der Waals surface area (Å²) in [6.45, 7) is 6.84. The van der Waals surface area contributed by atoms with Gasteiger partial charge in [-0.25, -0.2) is 0 Å². The Morgan fingerprint density at radius 1 is 0.923 bits per heavy atom. The lowest BCUT2D eigenvalue weighted by molar-refractivity contribution is 0.386. The highest BCUT2D eigenvalue weighted by molar-refractivity contribution is 6.73. The second-order valence-electron chi connectivity index (χ2n) is 3.95. The van der Waals surface area contributed by atoms with E-state index in [1.54, 1.807) is 0 Å². The van der Waals surface area contributed by atoms with Crippen molar-refractivity contribution >= 4 is 8.32 Å². The van der Waals surface area contributed by atoms with Gasteiger partial charge in [0, 0.05) is 7.11 Å². The van der Waals surface area contributed by atoms with Gasteiger partial charge in [0.15, 0.2) is 8.32 Å². The standard InChI is InChI=1S/C11H26OSi/c1-5-8-10-13(7-3,12-4)11-9-6-2/h5-11H2,1-4H3. The van der Waals surface area contributed by atoms with Crippen molar-refractivity contribution in [2.45, 2.75) is 64.6 Å². The molecule has 80 valence electrons. The van der Waals surface area contributed by atoms with Crippen molar-refractivity contribution in [2.24, 2.45) is 0 Å². The molecule has 0 unspecified atom stereocenters. The van der Waals surface area contributed by atoms with E-state index < -0.39 is 8.32 Å². The zero-order valence-corrected chi connectivity index (χ0v) is 10.9. The van der Waals surface area contributed by atoms with Gasteiger partial charge in [-0.3, -0.25) is 0 Å². The van der Waals surface area contributed by atoms with Crippen molar-refractivity contribution < 1.29 is 4.43 Å². The van der Waals surface area contributed by atoms with Crippen molar-refractivity contribution in [3.63, 3.8) is 0 Å². The summed E-state index contributed by atoms with van der Waals surface area (Å²) in [7, 11) is 0.646. The summed E-state index contributed by atoms with van der Waals surface area (Å²) in [6, 6.07) is 4.04. The predicted molar refractivity (Wildman–Crippen MR) is 62.7 cm³/mol. The van der Waals surface area contributed by atoms with Crippen LogP contribution < -0.4 is 0 Å². The third-order valence-corrected chi connectivity index (χ3v) is 7.73. The molecule has 0 aliphatic carbocycles. The van der Waals surface area contributed by atoms with Gasteiger partial charge in [-0.05, 0) is 18.1 Å². The first-order chi connectivity index (χ1) is 6.24. The maximum absolute atomic E-state index is 5.83. The molecule has 0 aromatic rings. The Bertz CT molecular complexity index is 101.